The third kappa shape index (κ3) is 3.94. The summed E-state index contributed by atoms with van der Waals surface area (Å²) in [5.74, 6) is -0.606. The number of rotatable bonds is 5. The third-order valence-corrected chi connectivity index (χ3v) is 5.54. The molecule has 128 valence electrons. The van der Waals surface area contributed by atoms with Crippen molar-refractivity contribution in [3.05, 3.63) is 57.9 Å². The molecule has 0 unspecified atom stereocenters. The molecule has 3 aromatic rings. The van der Waals surface area contributed by atoms with Crippen molar-refractivity contribution in [2.75, 3.05) is 11.9 Å². The molecule has 0 saturated carbocycles. The van der Waals surface area contributed by atoms with Crippen molar-refractivity contribution in [1.82, 2.24) is 4.98 Å². The number of amides is 1. The standard InChI is InChI=1S/C18H16N2O3S2/c1-3-23-18(22)15-11(2)9-14(25-15)20-16(21)13-10-19-17(24-13)12-7-5-4-6-8-12/h4-10H,3H2,1-2H3,(H,20,21). The number of aromatic nitrogens is 1. The molecule has 0 bridgehead atoms. The Morgan fingerprint density at radius 3 is 2.68 bits per heavy atom. The zero-order chi connectivity index (χ0) is 17.8. The second kappa shape index (κ2) is 7.58. The molecule has 0 radical (unpaired) electrons. The van der Waals surface area contributed by atoms with E-state index < -0.39 is 0 Å². The summed E-state index contributed by atoms with van der Waals surface area (Å²) in [6.45, 7) is 3.90. The molecule has 0 fully saturated rings. The minimum absolute atomic E-state index is 0.240. The molecular formula is C18H16N2O3S2. The predicted molar refractivity (Wildman–Crippen MR) is 101 cm³/mol. The lowest BCUT2D eigenvalue weighted by Crippen LogP contribution is -2.08. The van der Waals surface area contributed by atoms with E-state index in [9.17, 15) is 9.59 Å². The van der Waals surface area contributed by atoms with Crippen LogP contribution in [0.5, 0.6) is 0 Å². The molecule has 5 nitrogen and oxygen atoms in total. The number of carbonyl (C=O) groups is 2. The molecule has 0 aliphatic carbocycles. The first-order valence-electron chi connectivity index (χ1n) is 7.68. The van der Waals surface area contributed by atoms with Crippen molar-refractivity contribution in [3.8, 4) is 10.6 Å². The molecule has 2 heterocycles. The Balaban J connectivity index is 1.74. The van der Waals surface area contributed by atoms with Gasteiger partial charge in [0.15, 0.2) is 0 Å². The van der Waals surface area contributed by atoms with Gasteiger partial charge in [-0.25, -0.2) is 9.78 Å². The van der Waals surface area contributed by atoms with Crippen LogP contribution in [0, 0.1) is 6.92 Å². The van der Waals surface area contributed by atoms with Gasteiger partial charge in [0.1, 0.15) is 14.8 Å². The molecule has 25 heavy (non-hydrogen) atoms. The van der Waals surface area contributed by atoms with Gasteiger partial charge in [0, 0.05) is 5.56 Å². The summed E-state index contributed by atoms with van der Waals surface area (Å²) in [6, 6.07) is 11.5. The fourth-order valence-electron chi connectivity index (χ4n) is 2.21. The van der Waals surface area contributed by atoms with Gasteiger partial charge in [-0.15, -0.1) is 22.7 Å². The third-order valence-electron chi connectivity index (χ3n) is 3.37. The first-order chi connectivity index (χ1) is 12.1. The van der Waals surface area contributed by atoms with Crippen LogP contribution in [0.15, 0.2) is 42.6 Å². The van der Waals surface area contributed by atoms with E-state index in [0.29, 0.717) is 21.4 Å². The molecule has 0 spiro atoms. The number of hydrogen-bond acceptors (Lipinski definition) is 6. The van der Waals surface area contributed by atoms with Crippen molar-refractivity contribution in [2.24, 2.45) is 0 Å². The number of aryl methyl sites for hydroxylation is 1. The van der Waals surface area contributed by atoms with Crippen LogP contribution in [-0.4, -0.2) is 23.5 Å². The van der Waals surface area contributed by atoms with Crippen molar-refractivity contribution in [1.29, 1.82) is 0 Å². The smallest absolute Gasteiger partial charge is 0.348 e. The van der Waals surface area contributed by atoms with Gasteiger partial charge in [-0.3, -0.25) is 4.79 Å². The molecule has 1 amide bonds. The Kier molecular flexibility index (Phi) is 5.25. The average Bonchev–Trinajstić information content (AvgIpc) is 3.23. The number of nitrogens with zero attached hydrogens (tertiary/aromatic N) is 1. The number of thiophene rings is 1. The number of hydrogen-bond donors (Lipinski definition) is 1. The normalized spacial score (nSPS) is 10.5. The Hall–Kier alpha value is -2.51. The number of thiazole rings is 1. The first-order valence-corrected chi connectivity index (χ1v) is 9.32. The van der Waals surface area contributed by atoms with Crippen molar-refractivity contribution in [2.45, 2.75) is 13.8 Å². The monoisotopic (exact) mass is 372 g/mol. The molecule has 0 aliphatic heterocycles. The number of esters is 1. The Labute approximate surface area is 153 Å². The van der Waals surface area contributed by atoms with E-state index in [1.165, 1.54) is 22.7 Å². The predicted octanol–water partition coefficient (Wildman–Crippen LogP) is 4.61. The Morgan fingerprint density at radius 1 is 1.20 bits per heavy atom. The van der Waals surface area contributed by atoms with E-state index in [4.69, 9.17) is 4.74 Å². The number of anilines is 1. The Bertz CT molecular complexity index is 900. The van der Waals surface area contributed by atoms with Gasteiger partial charge in [0.25, 0.3) is 5.91 Å². The average molecular weight is 372 g/mol. The summed E-state index contributed by atoms with van der Waals surface area (Å²) in [6.07, 6.45) is 1.56. The number of benzene rings is 1. The molecule has 0 atom stereocenters. The summed E-state index contributed by atoms with van der Waals surface area (Å²) < 4.78 is 5.01. The van der Waals surface area contributed by atoms with E-state index in [-0.39, 0.29) is 11.9 Å². The highest BCUT2D eigenvalue weighted by Gasteiger charge is 2.17. The summed E-state index contributed by atoms with van der Waals surface area (Å²) in [5, 5.41) is 4.23. The zero-order valence-electron chi connectivity index (χ0n) is 13.7. The van der Waals surface area contributed by atoms with Gasteiger partial charge in [0.05, 0.1) is 17.8 Å². The highest BCUT2D eigenvalue weighted by molar-refractivity contribution is 7.19. The minimum atomic E-state index is -0.366. The van der Waals surface area contributed by atoms with Crippen LogP contribution in [-0.2, 0) is 4.74 Å². The maximum atomic E-state index is 12.4. The SMILES string of the molecule is CCOC(=O)c1sc(NC(=O)c2cnc(-c3ccccc3)s2)cc1C. The van der Waals surface area contributed by atoms with Crippen molar-refractivity contribution >= 4 is 39.6 Å². The molecule has 0 aliphatic rings. The second-order valence-electron chi connectivity index (χ2n) is 5.19. The molecule has 3 rings (SSSR count). The lowest BCUT2D eigenvalue weighted by Gasteiger charge is -1.99. The summed E-state index contributed by atoms with van der Waals surface area (Å²) in [4.78, 5) is 29.6. The van der Waals surface area contributed by atoms with Crippen LogP contribution in [0.2, 0.25) is 0 Å². The van der Waals surface area contributed by atoms with Crippen LogP contribution >= 0.6 is 22.7 Å². The second-order valence-corrected chi connectivity index (χ2v) is 7.28. The summed E-state index contributed by atoms with van der Waals surface area (Å²) >= 11 is 2.54. The van der Waals surface area contributed by atoms with E-state index >= 15 is 0 Å². The van der Waals surface area contributed by atoms with Crippen molar-refractivity contribution in [3.63, 3.8) is 0 Å². The molecular weight excluding hydrogens is 356 g/mol. The summed E-state index contributed by atoms with van der Waals surface area (Å²) in [5.41, 5.74) is 1.76. The quantitative estimate of drug-likeness (QED) is 0.664. The maximum Gasteiger partial charge on any atom is 0.348 e. The topological polar surface area (TPSA) is 68.3 Å². The van der Waals surface area contributed by atoms with Gasteiger partial charge in [0.2, 0.25) is 0 Å². The number of ether oxygens (including phenoxy) is 1. The van der Waals surface area contributed by atoms with Crippen molar-refractivity contribution < 1.29 is 14.3 Å². The number of carbonyl (C=O) groups excluding carboxylic acids is 2. The lowest BCUT2D eigenvalue weighted by atomic mass is 10.2. The molecule has 7 heteroatoms. The first kappa shape index (κ1) is 17.3. The van der Waals surface area contributed by atoms with Gasteiger partial charge < -0.3 is 10.1 Å². The van der Waals surface area contributed by atoms with E-state index in [1.54, 1.807) is 19.2 Å². The molecule has 1 aromatic carbocycles. The van der Waals surface area contributed by atoms with Crippen LogP contribution in [0.4, 0.5) is 5.00 Å². The van der Waals surface area contributed by atoms with E-state index in [2.05, 4.69) is 10.3 Å². The number of nitrogens with one attached hydrogen (secondary N) is 1. The lowest BCUT2D eigenvalue weighted by molar-refractivity contribution is 0.0531. The van der Waals surface area contributed by atoms with Gasteiger partial charge in [-0.2, -0.15) is 0 Å². The molecule has 2 aromatic heterocycles. The minimum Gasteiger partial charge on any atom is -0.462 e. The highest BCUT2D eigenvalue weighted by Crippen LogP contribution is 2.29. The van der Waals surface area contributed by atoms with E-state index in [0.717, 1.165) is 16.1 Å². The van der Waals surface area contributed by atoms with Crippen LogP contribution in [0.1, 0.15) is 31.8 Å². The maximum absolute atomic E-state index is 12.4. The Morgan fingerprint density at radius 2 is 1.96 bits per heavy atom. The zero-order valence-corrected chi connectivity index (χ0v) is 15.4. The fraction of sp³-hybridized carbons (Fsp3) is 0.167. The fourth-order valence-corrected chi connectivity index (χ4v) is 3.99. The van der Waals surface area contributed by atoms with Crippen LogP contribution < -0.4 is 5.32 Å². The van der Waals surface area contributed by atoms with Gasteiger partial charge >= 0.3 is 5.97 Å². The van der Waals surface area contributed by atoms with Gasteiger partial charge in [-0.1, -0.05) is 30.3 Å². The molecule has 1 N–H and O–H groups in total. The van der Waals surface area contributed by atoms with E-state index in [1.807, 2.05) is 37.3 Å². The summed E-state index contributed by atoms with van der Waals surface area (Å²) in [7, 11) is 0. The largest absolute Gasteiger partial charge is 0.462 e. The molecule has 0 saturated heterocycles. The highest BCUT2D eigenvalue weighted by atomic mass is 32.1. The van der Waals surface area contributed by atoms with Crippen LogP contribution in [0.3, 0.4) is 0 Å². The van der Waals surface area contributed by atoms with Crippen LogP contribution in [0.25, 0.3) is 10.6 Å². The van der Waals surface area contributed by atoms with Gasteiger partial charge in [-0.05, 0) is 25.5 Å².